The summed E-state index contributed by atoms with van der Waals surface area (Å²) in [6, 6.07) is 7.00. The third-order valence-corrected chi connectivity index (χ3v) is 5.06. The monoisotopic (exact) mass is 352 g/mol. The largest absolute Gasteiger partial charge is 0.493 e. The fraction of sp³-hybridized carbons (Fsp3) is 0.350. The average Bonchev–Trinajstić information content (AvgIpc) is 3.15. The van der Waals surface area contributed by atoms with Gasteiger partial charge in [0.15, 0.2) is 0 Å². The van der Waals surface area contributed by atoms with Crippen molar-refractivity contribution in [1.82, 2.24) is 9.88 Å². The normalized spacial score (nSPS) is 18.9. The molecule has 0 aliphatic carbocycles. The van der Waals surface area contributed by atoms with Crippen molar-refractivity contribution in [2.45, 2.75) is 31.7 Å². The lowest BCUT2D eigenvalue weighted by Crippen LogP contribution is -2.48. The number of piperidine rings is 1. The minimum absolute atomic E-state index is 0.268. The number of amides is 1. The van der Waals surface area contributed by atoms with Crippen LogP contribution >= 0.6 is 0 Å². The molecule has 6 nitrogen and oxygen atoms in total. The number of hydrogen-bond acceptors (Lipinski definition) is 4. The first-order valence-corrected chi connectivity index (χ1v) is 8.88. The van der Waals surface area contributed by atoms with Crippen LogP contribution in [0.25, 0.3) is 11.1 Å². The van der Waals surface area contributed by atoms with Crippen LogP contribution < -0.4 is 4.74 Å². The number of likely N-dealkylation sites (tertiary alicyclic amines) is 1. The van der Waals surface area contributed by atoms with Crippen LogP contribution in [0.1, 0.15) is 35.2 Å². The second-order valence-electron chi connectivity index (χ2n) is 6.73. The van der Waals surface area contributed by atoms with Gasteiger partial charge >= 0.3 is 5.97 Å². The third-order valence-electron chi connectivity index (χ3n) is 5.06. The first-order chi connectivity index (χ1) is 12.6. The zero-order chi connectivity index (χ0) is 18.1. The van der Waals surface area contributed by atoms with Gasteiger partial charge in [-0.05, 0) is 48.6 Å². The highest BCUT2D eigenvalue weighted by Crippen LogP contribution is 2.31. The molecule has 0 saturated carbocycles. The number of carboxylic acids is 1. The number of ether oxygens (including phenoxy) is 1. The first kappa shape index (κ1) is 16.6. The van der Waals surface area contributed by atoms with Gasteiger partial charge in [0.05, 0.1) is 12.2 Å². The summed E-state index contributed by atoms with van der Waals surface area (Å²) in [5.41, 5.74) is 3.40. The second-order valence-corrected chi connectivity index (χ2v) is 6.73. The van der Waals surface area contributed by atoms with Crippen LogP contribution in [0.5, 0.6) is 5.75 Å². The molecule has 0 bridgehead atoms. The van der Waals surface area contributed by atoms with Gasteiger partial charge < -0.3 is 14.7 Å². The standard InChI is InChI=1S/C20H20N2O4/c23-19(22-7-2-1-3-17(22)20(24)25)16-10-15(11-21-12-16)13-4-5-18-14(9-13)6-8-26-18/h4-5,9-12,17H,1-3,6-8H2,(H,24,25). The highest BCUT2D eigenvalue weighted by Gasteiger charge is 2.32. The molecule has 1 aromatic carbocycles. The predicted molar refractivity (Wildman–Crippen MR) is 95.2 cm³/mol. The van der Waals surface area contributed by atoms with Gasteiger partial charge in [0, 0.05) is 30.9 Å². The van der Waals surface area contributed by atoms with Gasteiger partial charge in [-0.15, -0.1) is 0 Å². The Kier molecular flexibility index (Phi) is 4.32. The Morgan fingerprint density at radius 2 is 2.04 bits per heavy atom. The summed E-state index contributed by atoms with van der Waals surface area (Å²) < 4.78 is 5.53. The topological polar surface area (TPSA) is 79.7 Å². The summed E-state index contributed by atoms with van der Waals surface area (Å²) in [6.45, 7) is 1.16. The lowest BCUT2D eigenvalue weighted by Gasteiger charge is -2.33. The van der Waals surface area contributed by atoms with E-state index in [1.54, 1.807) is 12.3 Å². The Bertz CT molecular complexity index is 865. The Labute approximate surface area is 151 Å². The summed E-state index contributed by atoms with van der Waals surface area (Å²) >= 11 is 0. The Morgan fingerprint density at radius 3 is 2.88 bits per heavy atom. The summed E-state index contributed by atoms with van der Waals surface area (Å²) in [5.74, 6) is -0.303. The Balaban J connectivity index is 1.63. The van der Waals surface area contributed by atoms with Crippen LogP contribution in [0.2, 0.25) is 0 Å². The van der Waals surface area contributed by atoms with E-state index in [1.807, 2.05) is 12.1 Å². The van der Waals surface area contributed by atoms with E-state index in [0.29, 0.717) is 25.1 Å². The highest BCUT2D eigenvalue weighted by atomic mass is 16.5. The van der Waals surface area contributed by atoms with Gasteiger partial charge in [-0.3, -0.25) is 9.78 Å². The maximum atomic E-state index is 12.9. The quantitative estimate of drug-likeness (QED) is 0.919. The van der Waals surface area contributed by atoms with E-state index in [1.165, 1.54) is 11.1 Å². The van der Waals surface area contributed by atoms with Crippen molar-refractivity contribution < 1.29 is 19.4 Å². The number of pyridine rings is 1. The van der Waals surface area contributed by atoms with Crippen molar-refractivity contribution in [3.8, 4) is 16.9 Å². The maximum absolute atomic E-state index is 12.9. The van der Waals surface area contributed by atoms with Crippen molar-refractivity contribution in [2.75, 3.05) is 13.2 Å². The zero-order valence-electron chi connectivity index (χ0n) is 14.4. The van der Waals surface area contributed by atoms with Gasteiger partial charge in [-0.1, -0.05) is 6.07 Å². The molecule has 1 aromatic heterocycles. The molecule has 1 unspecified atom stereocenters. The van der Waals surface area contributed by atoms with E-state index >= 15 is 0 Å². The maximum Gasteiger partial charge on any atom is 0.326 e. The fourth-order valence-electron chi connectivity index (χ4n) is 3.68. The molecule has 2 aromatic rings. The molecule has 2 aliphatic heterocycles. The van der Waals surface area contributed by atoms with Crippen LogP contribution in [0.4, 0.5) is 0 Å². The third kappa shape index (κ3) is 3.03. The van der Waals surface area contributed by atoms with Gasteiger partial charge in [-0.25, -0.2) is 4.79 Å². The Morgan fingerprint density at radius 1 is 1.15 bits per heavy atom. The number of benzene rings is 1. The first-order valence-electron chi connectivity index (χ1n) is 8.88. The van der Waals surface area contributed by atoms with Crippen molar-refractivity contribution in [1.29, 1.82) is 0 Å². The van der Waals surface area contributed by atoms with E-state index in [-0.39, 0.29) is 5.91 Å². The number of hydrogen-bond donors (Lipinski definition) is 1. The van der Waals surface area contributed by atoms with Crippen LogP contribution in [-0.4, -0.2) is 46.1 Å². The molecule has 1 amide bonds. The lowest BCUT2D eigenvalue weighted by atomic mass is 9.99. The molecule has 1 N–H and O–H groups in total. The molecular formula is C20H20N2O4. The number of carbonyl (C=O) groups is 2. The van der Waals surface area contributed by atoms with E-state index in [0.717, 1.165) is 41.7 Å². The van der Waals surface area contributed by atoms with Gasteiger partial charge in [0.2, 0.25) is 0 Å². The smallest absolute Gasteiger partial charge is 0.326 e. The number of aromatic nitrogens is 1. The molecule has 6 heteroatoms. The molecule has 1 atom stereocenters. The minimum Gasteiger partial charge on any atom is -0.493 e. The lowest BCUT2D eigenvalue weighted by molar-refractivity contribution is -0.143. The van der Waals surface area contributed by atoms with E-state index in [4.69, 9.17) is 4.74 Å². The molecule has 0 spiro atoms. The number of nitrogens with zero attached hydrogens (tertiary/aromatic N) is 2. The van der Waals surface area contributed by atoms with Gasteiger partial charge in [0.1, 0.15) is 11.8 Å². The fourth-order valence-corrected chi connectivity index (χ4v) is 3.68. The zero-order valence-corrected chi connectivity index (χ0v) is 14.4. The van der Waals surface area contributed by atoms with Crippen molar-refractivity contribution in [3.05, 3.63) is 47.8 Å². The summed E-state index contributed by atoms with van der Waals surface area (Å²) in [7, 11) is 0. The highest BCUT2D eigenvalue weighted by molar-refractivity contribution is 5.97. The van der Waals surface area contributed by atoms with Crippen molar-refractivity contribution in [2.24, 2.45) is 0 Å². The molecule has 1 saturated heterocycles. The second kappa shape index (κ2) is 6.78. The number of aliphatic carboxylic acids is 1. The van der Waals surface area contributed by atoms with Gasteiger partial charge in [0.25, 0.3) is 5.91 Å². The van der Waals surface area contributed by atoms with Gasteiger partial charge in [-0.2, -0.15) is 0 Å². The molecular weight excluding hydrogens is 332 g/mol. The van der Waals surface area contributed by atoms with Crippen LogP contribution in [0, 0.1) is 0 Å². The molecule has 0 radical (unpaired) electrons. The van der Waals surface area contributed by atoms with Crippen molar-refractivity contribution >= 4 is 11.9 Å². The molecule has 4 rings (SSSR count). The number of carboxylic acid groups (broad SMARTS) is 1. The summed E-state index contributed by atoms with van der Waals surface area (Å²) in [6.07, 6.45) is 6.26. The number of carbonyl (C=O) groups excluding carboxylic acids is 1. The average molecular weight is 352 g/mol. The number of rotatable bonds is 3. The number of fused-ring (bicyclic) bond motifs is 1. The molecule has 1 fully saturated rings. The molecule has 134 valence electrons. The van der Waals surface area contributed by atoms with Crippen LogP contribution in [0.3, 0.4) is 0 Å². The summed E-state index contributed by atoms with van der Waals surface area (Å²) in [4.78, 5) is 30.0. The molecule has 3 heterocycles. The SMILES string of the molecule is O=C(O)C1CCCCN1C(=O)c1cncc(-c2ccc3c(c2)CCO3)c1. The van der Waals surface area contributed by atoms with E-state index in [9.17, 15) is 14.7 Å². The predicted octanol–water partition coefficient (Wildman–Crippen LogP) is 2.76. The van der Waals surface area contributed by atoms with E-state index < -0.39 is 12.0 Å². The molecule has 2 aliphatic rings. The Hall–Kier alpha value is -2.89. The van der Waals surface area contributed by atoms with Crippen LogP contribution in [0.15, 0.2) is 36.7 Å². The van der Waals surface area contributed by atoms with E-state index in [2.05, 4.69) is 11.1 Å². The van der Waals surface area contributed by atoms with Crippen LogP contribution in [-0.2, 0) is 11.2 Å². The minimum atomic E-state index is -0.944. The van der Waals surface area contributed by atoms with Crippen molar-refractivity contribution in [3.63, 3.8) is 0 Å². The summed E-state index contributed by atoms with van der Waals surface area (Å²) in [5, 5.41) is 9.41. The molecule has 26 heavy (non-hydrogen) atoms.